The Morgan fingerprint density at radius 1 is 0.926 bits per heavy atom. The number of likely N-dealkylation sites (tertiary alicyclic amines) is 1. The lowest BCUT2D eigenvalue weighted by Crippen LogP contribution is -2.33. The number of anilines is 1. The van der Waals surface area contributed by atoms with Crippen LogP contribution in [0.4, 0.5) is 5.95 Å². The molecule has 0 spiro atoms. The second kappa shape index (κ2) is 5.76. The fourth-order valence-corrected chi connectivity index (χ4v) is 5.72. The minimum absolute atomic E-state index is 0.322. The van der Waals surface area contributed by atoms with Crippen molar-refractivity contribution in [2.45, 2.75) is 18.7 Å². The van der Waals surface area contributed by atoms with Crippen molar-refractivity contribution in [3.8, 4) is 0 Å². The van der Waals surface area contributed by atoms with Crippen LogP contribution < -0.4 is 4.90 Å². The summed E-state index contributed by atoms with van der Waals surface area (Å²) in [6, 6.07) is 9.08. The number of amidine groups is 1. The molecule has 1 aromatic heterocycles. The number of hydrogen-bond donors (Lipinski definition) is 0. The van der Waals surface area contributed by atoms with Gasteiger partial charge in [0.25, 0.3) is 10.0 Å². The van der Waals surface area contributed by atoms with Crippen LogP contribution in [0.5, 0.6) is 0 Å². The van der Waals surface area contributed by atoms with Gasteiger partial charge in [-0.1, -0.05) is 12.1 Å². The zero-order valence-corrected chi connectivity index (χ0v) is 16.1. The molecule has 0 aliphatic carbocycles. The van der Waals surface area contributed by atoms with Gasteiger partial charge in [0.05, 0.1) is 0 Å². The van der Waals surface area contributed by atoms with E-state index >= 15 is 0 Å². The standard InChI is InChI=1S/C19H21N5O2S/c1-12-7-13(2)21-19(20-12)24-10-14-8-23(9-15(14)11-24)18-16-5-3-4-6-17(16)27(25,26)22-18/h3-7,14-15H,8-11H2,1-2H3. The molecule has 8 heteroatoms. The second-order valence-electron chi connectivity index (χ2n) is 7.67. The smallest absolute Gasteiger partial charge is 0.285 e. The molecule has 0 saturated carbocycles. The van der Waals surface area contributed by atoms with E-state index in [0.717, 1.165) is 49.1 Å². The first-order chi connectivity index (χ1) is 12.9. The summed E-state index contributed by atoms with van der Waals surface area (Å²) >= 11 is 0. The summed E-state index contributed by atoms with van der Waals surface area (Å²) in [4.78, 5) is 13.9. The molecule has 2 fully saturated rings. The average Bonchev–Trinajstić information content (AvgIpc) is 3.24. The highest BCUT2D eigenvalue weighted by atomic mass is 32.2. The number of hydrogen-bond acceptors (Lipinski definition) is 6. The highest BCUT2D eigenvalue weighted by Crippen LogP contribution is 2.36. The van der Waals surface area contributed by atoms with Gasteiger partial charge >= 0.3 is 0 Å². The number of rotatable bonds is 1. The number of nitrogens with zero attached hydrogens (tertiary/aromatic N) is 5. The molecule has 3 aliphatic heterocycles. The number of fused-ring (bicyclic) bond motifs is 2. The van der Waals surface area contributed by atoms with Crippen LogP contribution in [0.3, 0.4) is 0 Å². The Kier molecular flexibility index (Phi) is 3.56. The maximum absolute atomic E-state index is 12.3. The van der Waals surface area contributed by atoms with E-state index in [4.69, 9.17) is 0 Å². The molecule has 0 amide bonds. The third-order valence-electron chi connectivity index (χ3n) is 5.65. The molecule has 5 rings (SSSR count). The summed E-state index contributed by atoms with van der Waals surface area (Å²) in [5, 5.41) is 0. The summed E-state index contributed by atoms with van der Waals surface area (Å²) in [6.45, 7) is 7.40. The number of benzene rings is 1. The number of aryl methyl sites for hydroxylation is 2. The Hall–Kier alpha value is -2.48. The van der Waals surface area contributed by atoms with Gasteiger partial charge in [0.2, 0.25) is 5.95 Å². The molecule has 2 saturated heterocycles. The zero-order chi connectivity index (χ0) is 18.8. The van der Waals surface area contributed by atoms with Crippen LogP contribution >= 0.6 is 0 Å². The van der Waals surface area contributed by atoms with E-state index in [1.165, 1.54) is 0 Å². The van der Waals surface area contributed by atoms with Crippen molar-refractivity contribution in [2.75, 3.05) is 31.1 Å². The fourth-order valence-electron chi connectivity index (χ4n) is 4.49. The first-order valence-corrected chi connectivity index (χ1v) is 10.6. The largest absolute Gasteiger partial charge is 0.355 e. The summed E-state index contributed by atoms with van der Waals surface area (Å²) < 4.78 is 28.7. The molecule has 2 aromatic rings. The van der Waals surface area contributed by atoms with Gasteiger partial charge in [-0.2, -0.15) is 8.42 Å². The van der Waals surface area contributed by atoms with Crippen molar-refractivity contribution in [3.63, 3.8) is 0 Å². The van der Waals surface area contributed by atoms with Crippen LogP contribution in [0, 0.1) is 25.7 Å². The van der Waals surface area contributed by atoms with E-state index in [9.17, 15) is 8.42 Å². The van der Waals surface area contributed by atoms with Gasteiger partial charge in [-0.15, -0.1) is 4.40 Å². The van der Waals surface area contributed by atoms with Gasteiger partial charge in [-0.05, 0) is 32.0 Å². The third-order valence-corrected chi connectivity index (χ3v) is 6.98. The lowest BCUT2D eigenvalue weighted by molar-refractivity contribution is 0.477. The van der Waals surface area contributed by atoms with Gasteiger partial charge in [-0.3, -0.25) is 0 Å². The zero-order valence-electron chi connectivity index (χ0n) is 15.3. The van der Waals surface area contributed by atoms with E-state index in [2.05, 4.69) is 24.2 Å². The van der Waals surface area contributed by atoms with E-state index < -0.39 is 10.0 Å². The minimum atomic E-state index is -3.56. The van der Waals surface area contributed by atoms with E-state index in [-0.39, 0.29) is 0 Å². The van der Waals surface area contributed by atoms with Crippen LogP contribution in [0.25, 0.3) is 0 Å². The lowest BCUT2D eigenvalue weighted by atomic mass is 10.0. The maximum Gasteiger partial charge on any atom is 0.285 e. The summed E-state index contributed by atoms with van der Waals surface area (Å²) in [7, 11) is -3.56. The Bertz CT molecular complexity index is 1030. The van der Waals surface area contributed by atoms with Crippen LogP contribution in [0.2, 0.25) is 0 Å². The van der Waals surface area contributed by atoms with E-state index in [1.807, 2.05) is 32.0 Å². The molecule has 0 radical (unpaired) electrons. The third kappa shape index (κ3) is 2.70. The second-order valence-corrected chi connectivity index (χ2v) is 9.24. The number of aromatic nitrogens is 2. The molecule has 1 aromatic carbocycles. The molecule has 140 valence electrons. The van der Waals surface area contributed by atoms with Crippen molar-refractivity contribution in [1.82, 2.24) is 14.9 Å². The fraction of sp³-hybridized carbons (Fsp3) is 0.421. The van der Waals surface area contributed by atoms with Crippen molar-refractivity contribution in [2.24, 2.45) is 16.2 Å². The lowest BCUT2D eigenvalue weighted by Gasteiger charge is -2.23. The Labute approximate surface area is 158 Å². The van der Waals surface area contributed by atoms with Crippen molar-refractivity contribution < 1.29 is 8.42 Å². The van der Waals surface area contributed by atoms with E-state index in [0.29, 0.717) is 22.6 Å². The van der Waals surface area contributed by atoms with Gasteiger partial charge in [0.15, 0.2) is 5.84 Å². The Morgan fingerprint density at radius 2 is 1.52 bits per heavy atom. The predicted octanol–water partition coefficient (Wildman–Crippen LogP) is 1.61. The quantitative estimate of drug-likeness (QED) is 0.744. The first-order valence-electron chi connectivity index (χ1n) is 9.17. The molecule has 0 N–H and O–H groups in total. The molecule has 0 bridgehead atoms. The molecule has 2 atom stereocenters. The number of sulfonamides is 1. The van der Waals surface area contributed by atoms with Crippen LogP contribution in [0.1, 0.15) is 17.0 Å². The van der Waals surface area contributed by atoms with Gasteiger partial charge in [0, 0.05) is 55.0 Å². The van der Waals surface area contributed by atoms with Crippen molar-refractivity contribution in [3.05, 3.63) is 47.3 Å². The highest BCUT2D eigenvalue weighted by Gasteiger charge is 2.44. The predicted molar refractivity (Wildman–Crippen MR) is 102 cm³/mol. The SMILES string of the molecule is Cc1cc(C)nc(N2CC3CN(C4=NS(=O)(=O)c5ccccc54)CC3C2)n1. The van der Waals surface area contributed by atoms with Crippen LogP contribution in [-0.4, -0.2) is 55.3 Å². The minimum Gasteiger partial charge on any atom is -0.355 e. The summed E-state index contributed by atoms with van der Waals surface area (Å²) in [5.74, 6) is 2.34. The molecular formula is C19H21N5O2S. The Morgan fingerprint density at radius 3 is 2.19 bits per heavy atom. The topological polar surface area (TPSA) is 78.8 Å². The van der Waals surface area contributed by atoms with Crippen LogP contribution in [-0.2, 0) is 10.0 Å². The monoisotopic (exact) mass is 383 g/mol. The molecule has 2 unspecified atom stereocenters. The first kappa shape index (κ1) is 16.7. The molecule has 3 aliphatic rings. The van der Waals surface area contributed by atoms with E-state index in [1.54, 1.807) is 12.1 Å². The summed E-state index contributed by atoms with van der Waals surface area (Å²) in [6.07, 6.45) is 0. The van der Waals surface area contributed by atoms with Crippen LogP contribution in [0.15, 0.2) is 39.6 Å². The molecule has 4 heterocycles. The normalized spacial score (nSPS) is 25.5. The van der Waals surface area contributed by atoms with Crippen molar-refractivity contribution in [1.29, 1.82) is 0 Å². The Balaban J connectivity index is 1.36. The van der Waals surface area contributed by atoms with Crippen molar-refractivity contribution >= 4 is 21.8 Å². The molecule has 27 heavy (non-hydrogen) atoms. The maximum atomic E-state index is 12.3. The highest BCUT2D eigenvalue weighted by molar-refractivity contribution is 7.90. The molecular weight excluding hydrogens is 362 g/mol. The molecule has 7 nitrogen and oxygen atoms in total. The van der Waals surface area contributed by atoms with Gasteiger partial charge < -0.3 is 9.80 Å². The van der Waals surface area contributed by atoms with Gasteiger partial charge in [-0.25, -0.2) is 9.97 Å². The average molecular weight is 383 g/mol. The van der Waals surface area contributed by atoms with Gasteiger partial charge in [0.1, 0.15) is 4.90 Å². The summed E-state index contributed by atoms with van der Waals surface area (Å²) in [5.41, 5.74) is 2.70.